The number of hydrogen-bond donors (Lipinski definition) is 0. The molecule has 0 N–H and O–H groups in total. The summed E-state index contributed by atoms with van der Waals surface area (Å²) in [6.07, 6.45) is -4.53. The first-order valence-corrected chi connectivity index (χ1v) is 4.42. The Morgan fingerprint density at radius 1 is 1.33 bits per heavy atom. The predicted molar refractivity (Wildman–Crippen MR) is 44.9 cm³/mol. The second-order valence-corrected chi connectivity index (χ2v) is 3.39. The van der Waals surface area contributed by atoms with Crippen molar-refractivity contribution in [2.24, 2.45) is 0 Å². The van der Waals surface area contributed by atoms with Crippen LogP contribution in [0.5, 0.6) is 0 Å². The first kappa shape index (κ1) is 11.8. The lowest BCUT2D eigenvalue weighted by molar-refractivity contribution is -0.185. The molecule has 15 heavy (non-hydrogen) atoms. The lowest BCUT2D eigenvalue weighted by Crippen LogP contribution is -2.44. The van der Waals surface area contributed by atoms with Gasteiger partial charge in [0, 0.05) is 20.1 Å². The molecule has 1 aliphatic heterocycles. The molecule has 1 saturated heterocycles. The van der Waals surface area contributed by atoms with E-state index in [0.717, 1.165) is 0 Å². The maximum atomic E-state index is 12.1. The molecule has 0 bridgehead atoms. The number of hydrogen-bond acceptors (Lipinski definition) is 2. The maximum absolute atomic E-state index is 12.1. The van der Waals surface area contributed by atoms with E-state index in [1.165, 1.54) is 11.9 Å². The molecule has 0 radical (unpaired) electrons. The van der Waals surface area contributed by atoms with Gasteiger partial charge in [-0.3, -0.25) is 9.59 Å². The van der Waals surface area contributed by atoms with E-state index in [0.29, 0.717) is 17.9 Å². The minimum absolute atomic E-state index is 0.0333. The first-order valence-electron chi connectivity index (χ1n) is 4.42. The SMILES string of the molecule is CN1CCCN(C(=O)C(F)(F)F)CC1=O. The molecular formula is C8H11F3N2O2. The van der Waals surface area contributed by atoms with Crippen LogP contribution in [0.2, 0.25) is 0 Å². The minimum Gasteiger partial charge on any atom is -0.344 e. The van der Waals surface area contributed by atoms with Crippen LogP contribution in [-0.4, -0.2) is 54.5 Å². The van der Waals surface area contributed by atoms with Crippen molar-refractivity contribution >= 4 is 11.8 Å². The highest BCUT2D eigenvalue weighted by Gasteiger charge is 2.43. The van der Waals surface area contributed by atoms with Crippen molar-refractivity contribution in [2.45, 2.75) is 12.6 Å². The van der Waals surface area contributed by atoms with Crippen LogP contribution in [0.25, 0.3) is 0 Å². The Balaban J connectivity index is 2.71. The summed E-state index contributed by atoms with van der Waals surface area (Å²) in [6.45, 7) is -0.149. The van der Waals surface area contributed by atoms with Crippen molar-refractivity contribution in [3.63, 3.8) is 0 Å². The number of amides is 2. The van der Waals surface area contributed by atoms with Crippen molar-refractivity contribution in [1.29, 1.82) is 0 Å². The predicted octanol–water partition coefficient (Wildman–Crippen LogP) is 0.239. The van der Waals surface area contributed by atoms with Gasteiger partial charge in [-0.15, -0.1) is 0 Å². The Morgan fingerprint density at radius 3 is 2.47 bits per heavy atom. The van der Waals surface area contributed by atoms with E-state index in [1.54, 1.807) is 0 Å². The smallest absolute Gasteiger partial charge is 0.344 e. The molecule has 7 heteroatoms. The molecule has 1 aliphatic rings. The van der Waals surface area contributed by atoms with Crippen molar-refractivity contribution in [2.75, 3.05) is 26.7 Å². The maximum Gasteiger partial charge on any atom is 0.471 e. The largest absolute Gasteiger partial charge is 0.471 e. The molecule has 1 heterocycles. The third-order valence-corrected chi connectivity index (χ3v) is 2.20. The average Bonchev–Trinajstić information content (AvgIpc) is 2.27. The fourth-order valence-electron chi connectivity index (χ4n) is 1.34. The molecule has 86 valence electrons. The summed E-state index contributed by atoms with van der Waals surface area (Å²) in [5.41, 5.74) is 0. The van der Waals surface area contributed by atoms with Gasteiger partial charge in [0.05, 0.1) is 0 Å². The third-order valence-electron chi connectivity index (χ3n) is 2.20. The molecule has 0 aromatic heterocycles. The summed E-state index contributed by atoms with van der Waals surface area (Å²) in [6, 6.07) is 0. The number of alkyl halides is 3. The highest BCUT2D eigenvalue weighted by atomic mass is 19.4. The van der Waals surface area contributed by atoms with Gasteiger partial charge in [0.25, 0.3) is 0 Å². The van der Waals surface area contributed by atoms with E-state index in [1.807, 2.05) is 0 Å². The molecule has 4 nitrogen and oxygen atoms in total. The summed E-state index contributed by atoms with van der Waals surface area (Å²) in [5.74, 6) is -2.41. The van der Waals surface area contributed by atoms with Crippen molar-refractivity contribution < 1.29 is 22.8 Å². The van der Waals surface area contributed by atoms with Gasteiger partial charge in [0.1, 0.15) is 6.54 Å². The zero-order chi connectivity index (χ0) is 11.6. The van der Waals surface area contributed by atoms with E-state index in [-0.39, 0.29) is 6.54 Å². The van der Waals surface area contributed by atoms with Gasteiger partial charge in [-0.25, -0.2) is 0 Å². The van der Waals surface area contributed by atoms with Crippen LogP contribution < -0.4 is 0 Å². The molecule has 0 atom stereocenters. The fourth-order valence-corrected chi connectivity index (χ4v) is 1.34. The van der Waals surface area contributed by atoms with Crippen LogP contribution in [0.3, 0.4) is 0 Å². The average molecular weight is 224 g/mol. The molecule has 0 aromatic carbocycles. The Bertz CT molecular complexity index is 278. The van der Waals surface area contributed by atoms with Gasteiger partial charge in [-0.2, -0.15) is 13.2 Å². The summed E-state index contributed by atoms with van der Waals surface area (Å²) in [7, 11) is 1.50. The quantitative estimate of drug-likeness (QED) is 0.591. The van der Waals surface area contributed by atoms with Crippen LogP contribution in [0, 0.1) is 0 Å². The topological polar surface area (TPSA) is 40.6 Å². The Kier molecular flexibility index (Phi) is 3.21. The summed E-state index contributed by atoms with van der Waals surface area (Å²) >= 11 is 0. The summed E-state index contributed by atoms with van der Waals surface area (Å²) in [5, 5.41) is 0. The summed E-state index contributed by atoms with van der Waals surface area (Å²) < 4.78 is 36.2. The van der Waals surface area contributed by atoms with E-state index >= 15 is 0 Å². The molecule has 1 fully saturated rings. The van der Waals surface area contributed by atoms with Gasteiger partial charge in [0.15, 0.2) is 0 Å². The second-order valence-electron chi connectivity index (χ2n) is 3.39. The van der Waals surface area contributed by atoms with Crippen LogP contribution in [0.4, 0.5) is 13.2 Å². The second kappa shape index (κ2) is 4.08. The molecule has 0 aliphatic carbocycles. The Morgan fingerprint density at radius 2 is 1.93 bits per heavy atom. The molecule has 0 unspecified atom stereocenters. The van der Waals surface area contributed by atoms with Gasteiger partial charge in [-0.1, -0.05) is 0 Å². The highest BCUT2D eigenvalue weighted by Crippen LogP contribution is 2.19. The van der Waals surface area contributed by atoms with E-state index in [4.69, 9.17) is 0 Å². The number of rotatable bonds is 0. The fraction of sp³-hybridized carbons (Fsp3) is 0.750. The number of likely N-dealkylation sites (N-methyl/N-ethyl adjacent to an activating group) is 1. The Hall–Kier alpha value is -1.27. The van der Waals surface area contributed by atoms with Crippen LogP contribution in [0.1, 0.15) is 6.42 Å². The highest BCUT2D eigenvalue weighted by molar-refractivity contribution is 5.87. The molecule has 0 aromatic rings. The monoisotopic (exact) mass is 224 g/mol. The standard InChI is InChI=1S/C8H11F3N2O2/c1-12-3-2-4-13(5-6(12)14)7(15)8(9,10)11/h2-5H2,1H3. The zero-order valence-corrected chi connectivity index (χ0v) is 8.17. The van der Waals surface area contributed by atoms with Crippen molar-refractivity contribution in [1.82, 2.24) is 9.80 Å². The van der Waals surface area contributed by atoms with Crippen LogP contribution in [-0.2, 0) is 9.59 Å². The third kappa shape index (κ3) is 2.84. The molecule has 2 amide bonds. The minimum atomic E-state index is -4.90. The normalized spacial score (nSPS) is 19.1. The van der Waals surface area contributed by atoms with E-state index in [9.17, 15) is 22.8 Å². The number of carbonyl (C=O) groups is 2. The van der Waals surface area contributed by atoms with E-state index < -0.39 is 24.5 Å². The zero-order valence-electron chi connectivity index (χ0n) is 8.17. The van der Waals surface area contributed by atoms with Crippen LogP contribution >= 0.6 is 0 Å². The number of carbonyl (C=O) groups excluding carboxylic acids is 2. The molecule has 0 spiro atoms. The van der Waals surface area contributed by atoms with Crippen molar-refractivity contribution in [3.05, 3.63) is 0 Å². The molecular weight excluding hydrogens is 213 g/mol. The molecule has 0 saturated carbocycles. The van der Waals surface area contributed by atoms with Crippen LogP contribution in [0.15, 0.2) is 0 Å². The van der Waals surface area contributed by atoms with Gasteiger partial charge < -0.3 is 9.80 Å². The van der Waals surface area contributed by atoms with Crippen molar-refractivity contribution in [3.8, 4) is 0 Å². The Labute approximate surface area is 84.6 Å². The number of halogens is 3. The summed E-state index contributed by atoms with van der Waals surface area (Å²) in [4.78, 5) is 23.9. The van der Waals surface area contributed by atoms with Gasteiger partial charge in [-0.05, 0) is 6.42 Å². The first-order chi connectivity index (χ1) is 6.82. The van der Waals surface area contributed by atoms with Gasteiger partial charge >= 0.3 is 12.1 Å². The lowest BCUT2D eigenvalue weighted by atomic mass is 10.4. The van der Waals surface area contributed by atoms with E-state index in [2.05, 4.69) is 0 Å². The lowest BCUT2D eigenvalue weighted by Gasteiger charge is -2.20. The number of nitrogens with zero attached hydrogens (tertiary/aromatic N) is 2. The van der Waals surface area contributed by atoms with Gasteiger partial charge in [0.2, 0.25) is 5.91 Å². The molecule has 1 rings (SSSR count).